The molecule has 1 rings (SSSR count). The largest absolute Gasteiger partial charge is 0.480 e. The van der Waals surface area contributed by atoms with Gasteiger partial charge in [0, 0.05) is 0 Å². The maximum atomic E-state index is 12.6. The number of aromatic nitrogens is 2. The molecule has 84 valence electrons. The summed E-state index contributed by atoms with van der Waals surface area (Å²) in [5.74, 6) is -1.15. The number of nitrogens with zero attached hydrogens (tertiary/aromatic N) is 2. The van der Waals surface area contributed by atoms with Crippen molar-refractivity contribution in [1.82, 2.24) is 9.78 Å². The number of halogens is 3. The van der Waals surface area contributed by atoms with E-state index in [1.54, 1.807) is 29.5 Å². The minimum absolute atomic E-state index is 0.215. The first-order chi connectivity index (χ1) is 6.99. The Labute approximate surface area is 98.4 Å². The highest BCUT2D eigenvalue weighted by atomic mass is 127. The lowest BCUT2D eigenvalue weighted by Crippen LogP contribution is -2.21. The molecule has 0 saturated carbocycles. The summed E-state index contributed by atoms with van der Waals surface area (Å²) in [4.78, 5) is 10.8. The number of hydrogen-bond donors (Lipinski definition) is 1. The Hall–Kier alpha value is -0.730. The second-order valence-corrected chi connectivity index (χ2v) is 4.05. The highest BCUT2D eigenvalue weighted by molar-refractivity contribution is 14.1. The molecule has 1 atom stereocenters. The van der Waals surface area contributed by atoms with Gasteiger partial charge in [-0.2, -0.15) is 5.10 Å². The molecule has 7 heteroatoms. The molecule has 1 N–H and O–H groups in total. The minimum atomic E-state index is -2.72. The summed E-state index contributed by atoms with van der Waals surface area (Å²) in [5, 5.41) is 12.5. The maximum absolute atomic E-state index is 12.6. The lowest BCUT2D eigenvalue weighted by atomic mass is 10.2. The number of carbonyl (C=O) groups is 1. The summed E-state index contributed by atoms with van der Waals surface area (Å²) >= 11 is 1.71. The van der Waals surface area contributed by atoms with Gasteiger partial charge in [-0.15, -0.1) is 0 Å². The van der Waals surface area contributed by atoms with Gasteiger partial charge in [-0.1, -0.05) is 6.92 Å². The number of rotatable bonds is 4. The molecule has 1 heterocycles. The summed E-state index contributed by atoms with van der Waals surface area (Å²) in [7, 11) is 0. The predicted molar refractivity (Wildman–Crippen MR) is 56.9 cm³/mol. The van der Waals surface area contributed by atoms with E-state index in [1.807, 2.05) is 0 Å². The standard InChI is InChI=1S/C8H9F2IN2O2/c1-2-5(8(14)15)13-6(7(9)10)4(11)3-12-13/h3,5,7H,2H2,1H3,(H,14,15)/t5-/m1/s1. The average Bonchev–Trinajstić information content (AvgIpc) is 2.48. The average molecular weight is 330 g/mol. The Morgan fingerprint density at radius 1 is 1.73 bits per heavy atom. The quantitative estimate of drug-likeness (QED) is 0.863. The highest BCUT2D eigenvalue weighted by Crippen LogP contribution is 2.27. The number of alkyl halides is 2. The monoisotopic (exact) mass is 330 g/mol. The molecule has 0 amide bonds. The van der Waals surface area contributed by atoms with E-state index >= 15 is 0 Å². The van der Waals surface area contributed by atoms with Crippen LogP contribution in [0.2, 0.25) is 0 Å². The molecular weight excluding hydrogens is 321 g/mol. The van der Waals surface area contributed by atoms with Gasteiger partial charge in [0.1, 0.15) is 11.7 Å². The first kappa shape index (κ1) is 12.3. The van der Waals surface area contributed by atoms with E-state index in [9.17, 15) is 13.6 Å². The summed E-state index contributed by atoms with van der Waals surface area (Å²) < 4.78 is 26.4. The van der Waals surface area contributed by atoms with Crippen molar-refractivity contribution >= 4 is 28.6 Å². The molecule has 0 aliphatic carbocycles. The van der Waals surface area contributed by atoms with E-state index in [0.29, 0.717) is 0 Å². The third-order valence-electron chi connectivity index (χ3n) is 1.96. The van der Waals surface area contributed by atoms with Gasteiger partial charge < -0.3 is 5.11 Å². The molecule has 0 radical (unpaired) electrons. The molecule has 0 saturated heterocycles. The second-order valence-electron chi connectivity index (χ2n) is 2.89. The van der Waals surface area contributed by atoms with E-state index in [0.717, 1.165) is 4.68 Å². The molecule has 0 bridgehead atoms. The fourth-order valence-electron chi connectivity index (χ4n) is 1.26. The molecule has 0 spiro atoms. The molecule has 0 aromatic carbocycles. The minimum Gasteiger partial charge on any atom is -0.480 e. The van der Waals surface area contributed by atoms with Crippen LogP contribution in [-0.4, -0.2) is 20.9 Å². The van der Waals surface area contributed by atoms with Gasteiger partial charge in [-0.25, -0.2) is 18.3 Å². The van der Waals surface area contributed by atoms with Crippen LogP contribution < -0.4 is 0 Å². The first-order valence-corrected chi connectivity index (χ1v) is 5.30. The van der Waals surface area contributed by atoms with Gasteiger partial charge in [0.05, 0.1) is 9.77 Å². The van der Waals surface area contributed by atoms with E-state index < -0.39 is 18.4 Å². The lowest BCUT2D eigenvalue weighted by molar-refractivity contribution is -0.141. The Balaban J connectivity index is 3.18. The van der Waals surface area contributed by atoms with Crippen molar-refractivity contribution in [2.24, 2.45) is 0 Å². The summed E-state index contributed by atoms with van der Waals surface area (Å²) in [5.41, 5.74) is -0.329. The van der Waals surface area contributed by atoms with E-state index in [2.05, 4.69) is 5.10 Å². The molecule has 0 aliphatic heterocycles. The van der Waals surface area contributed by atoms with Crippen LogP contribution >= 0.6 is 22.6 Å². The van der Waals surface area contributed by atoms with Crippen LogP contribution in [0.1, 0.15) is 31.5 Å². The number of carboxylic acid groups (broad SMARTS) is 1. The molecule has 4 nitrogen and oxygen atoms in total. The summed E-state index contributed by atoms with van der Waals surface area (Å²) in [6.45, 7) is 1.61. The van der Waals surface area contributed by atoms with E-state index in [-0.39, 0.29) is 15.7 Å². The normalized spacial score (nSPS) is 13.1. The molecule has 0 aliphatic rings. The van der Waals surface area contributed by atoms with Crippen LogP contribution in [0, 0.1) is 3.57 Å². The van der Waals surface area contributed by atoms with Crippen LogP contribution in [0.4, 0.5) is 8.78 Å². The lowest BCUT2D eigenvalue weighted by Gasteiger charge is -2.13. The van der Waals surface area contributed by atoms with Crippen molar-refractivity contribution in [2.45, 2.75) is 25.8 Å². The van der Waals surface area contributed by atoms with E-state index in [4.69, 9.17) is 5.11 Å². The first-order valence-electron chi connectivity index (χ1n) is 4.22. The smallest absolute Gasteiger partial charge is 0.328 e. The van der Waals surface area contributed by atoms with Crippen molar-refractivity contribution in [3.05, 3.63) is 15.5 Å². The topological polar surface area (TPSA) is 55.1 Å². The SMILES string of the molecule is CC[C@H](C(=O)O)n1ncc(I)c1C(F)F. The van der Waals surface area contributed by atoms with Gasteiger partial charge in [0.15, 0.2) is 0 Å². The number of hydrogen-bond acceptors (Lipinski definition) is 2. The van der Waals surface area contributed by atoms with Crippen molar-refractivity contribution in [3.8, 4) is 0 Å². The van der Waals surface area contributed by atoms with Crippen LogP contribution in [0.25, 0.3) is 0 Å². The van der Waals surface area contributed by atoms with Crippen molar-refractivity contribution in [3.63, 3.8) is 0 Å². The molecule has 1 aromatic heterocycles. The fraction of sp³-hybridized carbons (Fsp3) is 0.500. The van der Waals surface area contributed by atoms with Crippen LogP contribution in [-0.2, 0) is 4.79 Å². The molecule has 0 unspecified atom stereocenters. The van der Waals surface area contributed by atoms with Crippen molar-refractivity contribution < 1.29 is 18.7 Å². The van der Waals surface area contributed by atoms with Gasteiger partial charge in [-0.05, 0) is 29.0 Å². The second kappa shape index (κ2) is 4.86. The zero-order valence-corrected chi connectivity index (χ0v) is 9.98. The summed E-state index contributed by atoms with van der Waals surface area (Å²) in [6, 6.07) is -1.03. The Kier molecular flexibility index (Phi) is 4.00. The maximum Gasteiger partial charge on any atom is 0.328 e. The van der Waals surface area contributed by atoms with Crippen LogP contribution in [0.15, 0.2) is 6.20 Å². The fourth-order valence-corrected chi connectivity index (χ4v) is 1.86. The van der Waals surface area contributed by atoms with E-state index in [1.165, 1.54) is 6.20 Å². The Bertz CT molecular complexity index is 368. The van der Waals surface area contributed by atoms with Gasteiger partial charge in [-0.3, -0.25) is 0 Å². The van der Waals surface area contributed by atoms with Gasteiger partial charge in [0.2, 0.25) is 0 Å². The van der Waals surface area contributed by atoms with Crippen molar-refractivity contribution in [2.75, 3.05) is 0 Å². The Morgan fingerprint density at radius 2 is 2.33 bits per heavy atom. The molecule has 1 aromatic rings. The zero-order chi connectivity index (χ0) is 11.6. The van der Waals surface area contributed by atoms with Crippen molar-refractivity contribution in [1.29, 1.82) is 0 Å². The Morgan fingerprint density at radius 3 is 2.73 bits per heavy atom. The third kappa shape index (κ3) is 2.44. The molecule has 15 heavy (non-hydrogen) atoms. The molecule has 0 fully saturated rings. The van der Waals surface area contributed by atoms with Gasteiger partial charge in [0.25, 0.3) is 6.43 Å². The number of carboxylic acids is 1. The van der Waals surface area contributed by atoms with Crippen LogP contribution in [0.5, 0.6) is 0 Å². The van der Waals surface area contributed by atoms with Gasteiger partial charge >= 0.3 is 5.97 Å². The number of aliphatic carboxylic acids is 1. The van der Waals surface area contributed by atoms with Crippen LogP contribution in [0.3, 0.4) is 0 Å². The highest BCUT2D eigenvalue weighted by Gasteiger charge is 2.26. The zero-order valence-electron chi connectivity index (χ0n) is 7.82. The summed E-state index contributed by atoms with van der Waals surface area (Å²) in [6.07, 6.45) is -1.26. The molecular formula is C8H9F2IN2O2. The third-order valence-corrected chi connectivity index (χ3v) is 2.79. The predicted octanol–water partition coefficient (Wildman–Crippen LogP) is 2.46.